The van der Waals surface area contributed by atoms with Gasteiger partial charge in [-0.05, 0) is 48.9 Å². The van der Waals surface area contributed by atoms with E-state index in [9.17, 15) is 28.6 Å². The number of carboxylic acids is 1. The summed E-state index contributed by atoms with van der Waals surface area (Å²) in [5, 5.41) is 29.2. The smallest absolute Gasteiger partial charge is 0.338 e. The number of piperazine rings is 1. The van der Waals surface area contributed by atoms with Crippen LogP contribution in [0, 0.1) is 5.41 Å². The van der Waals surface area contributed by atoms with Crippen molar-refractivity contribution >= 4 is 35.4 Å². The SMILES string of the molecule is CNC(=O)N1CCC(NC2CCN(C(=O)CN3CCN(c4ncc(C(=O)O)cn4)CC3)CC2)=C(C(=N)N2CCCc3cc(-c4cnn(C)c4)c(C(F)F)cc32)C1. The fourth-order valence-corrected chi connectivity index (χ4v) is 8.02. The Hall–Kier alpha value is -5.65. The van der Waals surface area contributed by atoms with Crippen molar-refractivity contribution in [3.63, 3.8) is 0 Å². The second-order valence-corrected chi connectivity index (χ2v) is 14.7. The van der Waals surface area contributed by atoms with Gasteiger partial charge in [0.2, 0.25) is 11.9 Å². The number of aryl methyl sites for hydroxylation is 2. The lowest BCUT2D eigenvalue weighted by molar-refractivity contribution is -0.133. The normalized spacial score (nSPS) is 18.3. The standard InChI is InChI=1S/C38H48F2N12O4/c1-42-38(56)51-11-7-31(30(22-51)35(41)52-8-3-4-24-16-28(26-20-45-47(2)21-26)29(34(39)40)17-32(24)52)46-27-5-9-49(10-6-27)33(53)23-48-12-14-50(15-13-48)37-43-18-25(19-44-37)36(54)55/h16-21,27,34,41,46H,3-15,22-23H2,1-2H3,(H,42,56)(H,54,55). The molecule has 2 saturated heterocycles. The number of halogens is 2. The summed E-state index contributed by atoms with van der Waals surface area (Å²) < 4.78 is 30.7. The van der Waals surface area contributed by atoms with Crippen LogP contribution < -0.4 is 20.4 Å². The third kappa shape index (κ3) is 8.29. The van der Waals surface area contributed by atoms with Crippen LogP contribution in [0.5, 0.6) is 0 Å². The number of anilines is 2. The first-order valence-corrected chi connectivity index (χ1v) is 19.0. The van der Waals surface area contributed by atoms with Gasteiger partial charge in [-0.1, -0.05) is 0 Å². The van der Waals surface area contributed by atoms with Gasteiger partial charge >= 0.3 is 12.0 Å². The van der Waals surface area contributed by atoms with Gasteiger partial charge in [0.25, 0.3) is 6.43 Å². The van der Waals surface area contributed by atoms with Gasteiger partial charge in [0, 0.05) is 126 Å². The highest BCUT2D eigenvalue weighted by molar-refractivity contribution is 6.09. The average molecular weight is 775 g/mol. The number of amidine groups is 1. The van der Waals surface area contributed by atoms with E-state index in [2.05, 4.69) is 30.6 Å². The molecular formula is C38H48F2N12O4. The van der Waals surface area contributed by atoms with E-state index in [1.807, 2.05) is 20.8 Å². The summed E-state index contributed by atoms with van der Waals surface area (Å²) in [7, 11) is 3.32. The fraction of sp³-hybridized carbons (Fsp3) is 0.500. The Morgan fingerprint density at radius 1 is 0.964 bits per heavy atom. The molecule has 3 amide bonds. The third-order valence-corrected chi connectivity index (χ3v) is 11.1. The summed E-state index contributed by atoms with van der Waals surface area (Å²) in [6.07, 6.45) is 6.56. The number of alkyl halides is 2. The Bertz CT molecular complexity index is 1990. The summed E-state index contributed by atoms with van der Waals surface area (Å²) in [4.78, 5) is 55.1. The lowest BCUT2D eigenvalue weighted by Gasteiger charge is -2.40. The first kappa shape index (κ1) is 38.6. The molecule has 0 spiro atoms. The van der Waals surface area contributed by atoms with E-state index < -0.39 is 12.4 Å². The molecule has 16 nitrogen and oxygen atoms in total. The number of hydrogen-bond donors (Lipinski definition) is 4. The van der Waals surface area contributed by atoms with Gasteiger partial charge in [0.05, 0.1) is 24.8 Å². The van der Waals surface area contributed by atoms with E-state index in [0.29, 0.717) is 113 Å². The van der Waals surface area contributed by atoms with Crippen LogP contribution >= 0.6 is 0 Å². The highest BCUT2D eigenvalue weighted by Crippen LogP contribution is 2.39. The molecule has 0 atom stereocenters. The molecule has 4 aliphatic rings. The van der Waals surface area contributed by atoms with Crippen molar-refractivity contribution in [2.45, 2.75) is 44.6 Å². The number of nitrogens with one attached hydrogen (secondary N) is 3. The molecule has 0 radical (unpaired) electrons. The Morgan fingerprint density at radius 2 is 1.70 bits per heavy atom. The number of fused-ring (bicyclic) bond motifs is 1. The maximum absolute atomic E-state index is 14.6. The van der Waals surface area contributed by atoms with Crippen LogP contribution in [0.15, 0.2) is 48.2 Å². The van der Waals surface area contributed by atoms with E-state index in [4.69, 9.17) is 5.11 Å². The number of piperidine rings is 1. The Balaban J connectivity index is 1.00. The predicted molar refractivity (Wildman–Crippen MR) is 205 cm³/mol. The first-order valence-electron chi connectivity index (χ1n) is 19.0. The molecule has 18 heteroatoms. The monoisotopic (exact) mass is 774 g/mol. The zero-order chi connectivity index (χ0) is 39.5. The molecule has 4 aliphatic heterocycles. The van der Waals surface area contributed by atoms with Crippen LogP contribution in [-0.4, -0.2) is 142 Å². The van der Waals surface area contributed by atoms with Gasteiger partial charge in [-0.15, -0.1) is 0 Å². The molecule has 0 aliphatic carbocycles. The van der Waals surface area contributed by atoms with E-state index in [0.717, 1.165) is 17.7 Å². The van der Waals surface area contributed by atoms with Gasteiger partial charge in [-0.3, -0.25) is 19.8 Å². The molecule has 56 heavy (non-hydrogen) atoms. The van der Waals surface area contributed by atoms with Crippen LogP contribution in [0.3, 0.4) is 0 Å². The number of urea groups is 1. The van der Waals surface area contributed by atoms with E-state index in [-0.39, 0.29) is 41.5 Å². The molecule has 0 saturated carbocycles. The second-order valence-electron chi connectivity index (χ2n) is 14.7. The van der Waals surface area contributed by atoms with Gasteiger partial charge in [0.15, 0.2) is 0 Å². The van der Waals surface area contributed by atoms with Crippen molar-refractivity contribution in [2.24, 2.45) is 7.05 Å². The largest absolute Gasteiger partial charge is 0.478 e. The number of amides is 3. The molecule has 0 bridgehead atoms. The summed E-state index contributed by atoms with van der Waals surface area (Å²) >= 11 is 0. The van der Waals surface area contributed by atoms with Gasteiger partial charge < -0.3 is 35.3 Å². The van der Waals surface area contributed by atoms with Crippen molar-refractivity contribution in [1.29, 1.82) is 5.41 Å². The Labute approximate surface area is 323 Å². The number of carbonyl (C=O) groups is 3. The molecule has 2 aromatic heterocycles. The zero-order valence-corrected chi connectivity index (χ0v) is 31.7. The summed E-state index contributed by atoms with van der Waals surface area (Å²) in [6, 6.07) is 3.14. The minimum absolute atomic E-state index is 0.0349. The molecule has 1 aromatic carbocycles. The number of aromatic carboxylic acids is 1. The molecule has 4 N–H and O–H groups in total. The Morgan fingerprint density at radius 3 is 2.34 bits per heavy atom. The third-order valence-electron chi connectivity index (χ3n) is 11.1. The number of benzene rings is 1. The van der Waals surface area contributed by atoms with Gasteiger partial charge in [0.1, 0.15) is 5.84 Å². The molecule has 0 unspecified atom stereocenters. The van der Waals surface area contributed by atoms with Crippen LogP contribution in [0.1, 0.15) is 53.6 Å². The van der Waals surface area contributed by atoms with Crippen LogP contribution in [0.25, 0.3) is 11.1 Å². The number of aromatic nitrogens is 4. The summed E-state index contributed by atoms with van der Waals surface area (Å²) in [5.74, 6) is -0.345. The zero-order valence-electron chi connectivity index (χ0n) is 31.7. The first-order chi connectivity index (χ1) is 27.0. The molecule has 3 aromatic rings. The summed E-state index contributed by atoms with van der Waals surface area (Å²) in [6.45, 7) is 5.18. The van der Waals surface area contributed by atoms with E-state index in [1.54, 1.807) is 36.1 Å². The van der Waals surface area contributed by atoms with Crippen molar-refractivity contribution < 1.29 is 28.3 Å². The molecule has 298 valence electrons. The molecular weight excluding hydrogens is 726 g/mol. The number of carbonyl (C=O) groups excluding carboxylic acids is 2. The second kappa shape index (κ2) is 16.6. The number of carboxylic acid groups (broad SMARTS) is 1. The summed E-state index contributed by atoms with van der Waals surface area (Å²) in [5.41, 5.74) is 3.98. The van der Waals surface area contributed by atoms with Crippen molar-refractivity contribution in [3.05, 3.63) is 64.9 Å². The minimum atomic E-state index is -2.72. The lowest BCUT2D eigenvalue weighted by atomic mass is 9.92. The van der Waals surface area contributed by atoms with Crippen molar-refractivity contribution in [1.82, 2.24) is 45.1 Å². The molecule has 6 heterocycles. The number of nitrogens with zero attached hydrogens (tertiary/aromatic N) is 9. The number of likely N-dealkylation sites (tertiary alicyclic amines) is 1. The van der Waals surface area contributed by atoms with Gasteiger partial charge in [-0.25, -0.2) is 28.3 Å². The molecule has 2 fully saturated rings. The quantitative estimate of drug-likeness (QED) is 0.186. The van der Waals surface area contributed by atoms with E-state index >= 15 is 0 Å². The minimum Gasteiger partial charge on any atom is -0.478 e. The lowest BCUT2D eigenvalue weighted by Crippen LogP contribution is -2.53. The predicted octanol–water partition coefficient (Wildman–Crippen LogP) is 2.94. The topological polar surface area (TPSA) is 179 Å². The number of hydrogen-bond acceptors (Lipinski definition) is 10. The average Bonchev–Trinajstić information content (AvgIpc) is 3.66. The maximum Gasteiger partial charge on any atom is 0.338 e. The van der Waals surface area contributed by atoms with Crippen molar-refractivity contribution in [2.75, 3.05) is 82.3 Å². The van der Waals surface area contributed by atoms with Crippen molar-refractivity contribution in [3.8, 4) is 11.1 Å². The van der Waals surface area contributed by atoms with Gasteiger partial charge in [-0.2, -0.15) is 5.10 Å². The fourth-order valence-electron chi connectivity index (χ4n) is 8.02. The molecule has 7 rings (SSSR count). The Kier molecular flexibility index (Phi) is 11.5. The van der Waals surface area contributed by atoms with Crippen LogP contribution in [0.4, 0.5) is 25.2 Å². The highest BCUT2D eigenvalue weighted by Gasteiger charge is 2.33. The number of rotatable bonds is 9. The highest BCUT2D eigenvalue weighted by atomic mass is 19.3. The van der Waals surface area contributed by atoms with Crippen LogP contribution in [-0.2, 0) is 18.3 Å². The van der Waals surface area contributed by atoms with E-state index in [1.165, 1.54) is 18.5 Å². The maximum atomic E-state index is 14.6. The van der Waals surface area contributed by atoms with Crippen LogP contribution in [0.2, 0.25) is 0 Å².